The third-order valence-corrected chi connectivity index (χ3v) is 5.18. The molecule has 0 fully saturated rings. The highest BCUT2D eigenvalue weighted by Crippen LogP contribution is 2.26. The number of amides is 2. The van der Waals surface area contributed by atoms with Crippen molar-refractivity contribution in [3.05, 3.63) is 59.2 Å². The molecular weight excluding hydrogens is 350 g/mol. The predicted molar refractivity (Wildman–Crippen MR) is 115 cm³/mol. The fourth-order valence-corrected chi connectivity index (χ4v) is 3.15. The van der Waals surface area contributed by atoms with Gasteiger partial charge in [-0.3, -0.25) is 9.59 Å². The van der Waals surface area contributed by atoms with Crippen LogP contribution in [0.5, 0.6) is 0 Å². The van der Waals surface area contributed by atoms with Crippen molar-refractivity contribution < 1.29 is 14.5 Å². The molecule has 2 atom stereocenters. The van der Waals surface area contributed by atoms with E-state index in [1.165, 1.54) is 0 Å². The van der Waals surface area contributed by atoms with E-state index in [9.17, 15) is 9.59 Å². The monoisotopic (exact) mass is 382 g/mol. The number of carbonyl (C=O) groups excluding carboxylic acids is 2. The average molecular weight is 383 g/mol. The third kappa shape index (κ3) is 5.92. The van der Waals surface area contributed by atoms with Crippen LogP contribution >= 0.6 is 0 Å². The molecule has 1 unspecified atom stereocenters. The van der Waals surface area contributed by atoms with Crippen LogP contribution in [-0.4, -0.2) is 32.0 Å². The molecule has 2 amide bonds. The molecular formula is C23H32N3O2+. The van der Waals surface area contributed by atoms with Gasteiger partial charge in [0.15, 0.2) is 13.1 Å². The van der Waals surface area contributed by atoms with Crippen molar-refractivity contribution in [2.24, 2.45) is 0 Å². The van der Waals surface area contributed by atoms with Crippen LogP contribution in [0, 0.1) is 13.8 Å². The number of carbonyl (C=O) groups is 2. The van der Waals surface area contributed by atoms with Gasteiger partial charge in [0, 0.05) is 11.4 Å². The lowest BCUT2D eigenvalue weighted by Gasteiger charge is -2.17. The summed E-state index contributed by atoms with van der Waals surface area (Å²) in [6, 6.07) is 13.7. The Morgan fingerprint density at radius 2 is 1.50 bits per heavy atom. The first-order valence-corrected chi connectivity index (χ1v) is 9.88. The zero-order valence-electron chi connectivity index (χ0n) is 17.6. The fraction of sp³-hybridized carbons (Fsp3) is 0.391. The Labute approximate surface area is 168 Å². The molecule has 3 N–H and O–H groups in total. The molecule has 0 heterocycles. The van der Waals surface area contributed by atoms with Gasteiger partial charge in [-0.2, -0.15) is 0 Å². The predicted octanol–water partition coefficient (Wildman–Crippen LogP) is 2.91. The summed E-state index contributed by atoms with van der Waals surface area (Å²) < 4.78 is 0. The van der Waals surface area contributed by atoms with Crippen LogP contribution in [0.1, 0.15) is 42.9 Å². The molecule has 0 saturated carbocycles. The van der Waals surface area contributed by atoms with Crippen molar-refractivity contribution in [3.8, 4) is 0 Å². The first-order valence-electron chi connectivity index (χ1n) is 9.88. The third-order valence-electron chi connectivity index (χ3n) is 5.18. The lowest BCUT2D eigenvalue weighted by Crippen LogP contribution is -3.11. The molecule has 0 radical (unpaired) electrons. The molecule has 28 heavy (non-hydrogen) atoms. The highest BCUT2D eigenvalue weighted by atomic mass is 16.2. The van der Waals surface area contributed by atoms with E-state index in [2.05, 4.69) is 30.5 Å². The van der Waals surface area contributed by atoms with Gasteiger partial charge in [0.25, 0.3) is 11.8 Å². The van der Waals surface area contributed by atoms with Crippen molar-refractivity contribution in [1.29, 1.82) is 0 Å². The van der Waals surface area contributed by atoms with Crippen molar-refractivity contribution in [2.45, 2.75) is 40.0 Å². The molecule has 0 aromatic heterocycles. The second-order valence-corrected chi connectivity index (χ2v) is 7.55. The number of hydrogen-bond donors (Lipinski definition) is 3. The maximum Gasteiger partial charge on any atom is 0.279 e. The first-order chi connectivity index (χ1) is 13.3. The molecule has 0 spiro atoms. The van der Waals surface area contributed by atoms with E-state index in [0.717, 1.165) is 39.4 Å². The summed E-state index contributed by atoms with van der Waals surface area (Å²) in [5, 5.41) is 5.95. The van der Waals surface area contributed by atoms with E-state index < -0.39 is 0 Å². The van der Waals surface area contributed by atoms with Gasteiger partial charge in [0.05, 0.1) is 7.05 Å². The Bertz CT molecular complexity index is 832. The summed E-state index contributed by atoms with van der Waals surface area (Å²) in [6.07, 6.45) is 1.01. The second kappa shape index (κ2) is 10.0. The Morgan fingerprint density at radius 1 is 0.929 bits per heavy atom. The lowest BCUT2D eigenvalue weighted by atomic mass is 9.97. The Hall–Kier alpha value is -2.66. The van der Waals surface area contributed by atoms with Crippen LogP contribution in [0.2, 0.25) is 0 Å². The maximum absolute atomic E-state index is 12.5. The number of nitrogens with one attached hydrogen (secondary N) is 3. The number of benzene rings is 2. The van der Waals surface area contributed by atoms with Crippen LogP contribution in [0.15, 0.2) is 42.5 Å². The van der Waals surface area contributed by atoms with Crippen LogP contribution in [0.25, 0.3) is 0 Å². The van der Waals surface area contributed by atoms with Crippen molar-refractivity contribution in [1.82, 2.24) is 0 Å². The Morgan fingerprint density at radius 3 is 2.14 bits per heavy atom. The number of rotatable bonds is 8. The molecule has 0 saturated heterocycles. The van der Waals surface area contributed by atoms with Gasteiger partial charge >= 0.3 is 0 Å². The van der Waals surface area contributed by atoms with E-state index in [1.807, 2.05) is 57.3 Å². The number of likely N-dealkylation sites (N-methyl/N-ethyl adjacent to an activating group) is 1. The van der Waals surface area contributed by atoms with Crippen LogP contribution in [-0.2, 0) is 9.59 Å². The highest BCUT2D eigenvalue weighted by molar-refractivity contribution is 5.94. The van der Waals surface area contributed by atoms with Gasteiger partial charge in [0.1, 0.15) is 0 Å². The summed E-state index contributed by atoms with van der Waals surface area (Å²) in [5.41, 5.74) is 5.02. The topological polar surface area (TPSA) is 62.6 Å². The number of quaternary nitrogens is 1. The molecule has 5 nitrogen and oxygen atoms in total. The standard InChI is InChI=1S/C23H31N3O2/c1-6-16(2)19-11-7-8-12-21(19)25-23(28)15-26(5)14-22(27)24-20-13-9-10-17(3)18(20)4/h7-13,16H,6,14-15H2,1-5H3,(H,24,27)(H,25,28)/p+1/t16-/m0/s1. The normalized spacial score (nSPS) is 12.9. The van der Waals surface area contributed by atoms with Crippen molar-refractivity contribution in [2.75, 3.05) is 30.8 Å². The van der Waals surface area contributed by atoms with Crippen LogP contribution in [0.3, 0.4) is 0 Å². The number of para-hydroxylation sites is 1. The summed E-state index contributed by atoms with van der Waals surface area (Å²) in [6.45, 7) is 8.76. The van der Waals surface area contributed by atoms with Gasteiger partial charge in [-0.05, 0) is 55.0 Å². The molecule has 0 aliphatic carbocycles. The smallest absolute Gasteiger partial charge is 0.279 e. The Kier molecular flexibility index (Phi) is 7.76. The van der Waals surface area contributed by atoms with Gasteiger partial charge < -0.3 is 15.5 Å². The molecule has 150 valence electrons. The summed E-state index contributed by atoms with van der Waals surface area (Å²) in [5.74, 6) is 0.191. The van der Waals surface area contributed by atoms with Crippen LogP contribution in [0.4, 0.5) is 11.4 Å². The fourth-order valence-electron chi connectivity index (χ4n) is 3.15. The zero-order valence-corrected chi connectivity index (χ0v) is 17.6. The molecule has 0 aliphatic rings. The molecule has 5 heteroatoms. The summed E-state index contributed by atoms with van der Waals surface area (Å²) in [4.78, 5) is 25.6. The minimum Gasteiger partial charge on any atom is -0.322 e. The minimum atomic E-state index is -0.0981. The SMILES string of the molecule is CC[C@H](C)c1ccccc1NC(=O)C[NH+](C)CC(=O)Nc1cccc(C)c1C. The molecule has 0 aliphatic heterocycles. The van der Waals surface area contributed by atoms with E-state index >= 15 is 0 Å². The lowest BCUT2D eigenvalue weighted by molar-refractivity contribution is -0.862. The van der Waals surface area contributed by atoms with Crippen molar-refractivity contribution >= 4 is 23.2 Å². The molecule has 2 aromatic carbocycles. The van der Waals surface area contributed by atoms with Crippen LogP contribution < -0.4 is 15.5 Å². The van der Waals surface area contributed by atoms with Gasteiger partial charge in [-0.15, -0.1) is 0 Å². The van der Waals surface area contributed by atoms with E-state index in [-0.39, 0.29) is 24.9 Å². The average Bonchev–Trinajstić information content (AvgIpc) is 2.65. The molecule has 0 bridgehead atoms. The molecule has 2 aromatic rings. The highest BCUT2D eigenvalue weighted by Gasteiger charge is 2.17. The van der Waals surface area contributed by atoms with Crippen molar-refractivity contribution in [3.63, 3.8) is 0 Å². The van der Waals surface area contributed by atoms with E-state index in [4.69, 9.17) is 0 Å². The van der Waals surface area contributed by atoms with Gasteiger partial charge in [-0.1, -0.05) is 44.2 Å². The number of aryl methyl sites for hydroxylation is 1. The number of anilines is 2. The number of hydrogen-bond acceptors (Lipinski definition) is 2. The summed E-state index contributed by atoms with van der Waals surface area (Å²) in [7, 11) is 1.85. The Balaban J connectivity index is 1.91. The summed E-state index contributed by atoms with van der Waals surface area (Å²) >= 11 is 0. The first kappa shape index (κ1) is 21.6. The quantitative estimate of drug-likeness (QED) is 0.657. The van der Waals surface area contributed by atoms with E-state index in [0.29, 0.717) is 5.92 Å². The largest absolute Gasteiger partial charge is 0.322 e. The van der Waals surface area contributed by atoms with Gasteiger partial charge in [0.2, 0.25) is 0 Å². The zero-order chi connectivity index (χ0) is 20.7. The second-order valence-electron chi connectivity index (χ2n) is 7.55. The molecule has 2 rings (SSSR count). The van der Waals surface area contributed by atoms with E-state index in [1.54, 1.807) is 0 Å². The van der Waals surface area contributed by atoms with Gasteiger partial charge in [-0.25, -0.2) is 0 Å². The maximum atomic E-state index is 12.5. The minimum absolute atomic E-state index is 0.0900.